The monoisotopic (exact) mass is 327 g/mol. The molecule has 2 heterocycles. The third-order valence-electron chi connectivity index (χ3n) is 3.79. The van der Waals surface area contributed by atoms with Gasteiger partial charge in [0.25, 0.3) is 0 Å². The Morgan fingerprint density at radius 2 is 2.29 bits per heavy atom. The normalized spacial score (nSPS) is 21.4. The molecule has 1 amide bonds. The lowest BCUT2D eigenvalue weighted by Crippen LogP contribution is -2.43. The second-order valence-corrected chi connectivity index (χ2v) is 6.65. The number of aromatic nitrogens is 1. The molecule has 1 aliphatic carbocycles. The number of halogens is 1. The van der Waals surface area contributed by atoms with Gasteiger partial charge in [0, 0.05) is 42.8 Å². The molecular formula is C15H22ClN3OS. The van der Waals surface area contributed by atoms with E-state index in [1.807, 2.05) is 34.9 Å². The molecule has 1 unspecified atom stereocenters. The number of carbonyl (C=O) groups excluding carboxylic acids is 1. The zero-order chi connectivity index (χ0) is 13.8. The number of hydrogen-bond donors (Lipinski definition) is 1. The Balaban J connectivity index is 0.00000161. The molecule has 2 aliphatic rings. The highest BCUT2D eigenvalue weighted by Gasteiger charge is 2.33. The Morgan fingerprint density at radius 3 is 2.90 bits per heavy atom. The average molecular weight is 328 g/mol. The van der Waals surface area contributed by atoms with Crippen LogP contribution >= 0.6 is 24.2 Å². The Morgan fingerprint density at radius 1 is 1.43 bits per heavy atom. The highest BCUT2D eigenvalue weighted by Crippen LogP contribution is 2.29. The van der Waals surface area contributed by atoms with Gasteiger partial charge in [-0.05, 0) is 25.0 Å². The number of hydrogen-bond acceptors (Lipinski definition) is 4. The van der Waals surface area contributed by atoms with Gasteiger partial charge in [-0.25, -0.2) is 0 Å². The molecule has 1 N–H and O–H groups in total. The summed E-state index contributed by atoms with van der Waals surface area (Å²) < 4.78 is 0. The zero-order valence-corrected chi connectivity index (χ0v) is 13.7. The van der Waals surface area contributed by atoms with Crippen molar-refractivity contribution in [1.82, 2.24) is 15.2 Å². The minimum Gasteiger partial charge on any atom is -0.334 e. The summed E-state index contributed by atoms with van der Waals surface area (Å²) in [7, 11) is 0. The SMILES string of the molecule is Cl.O=C(CC1CSCCN1)N(Cc1ccccn1)C1CC1. The summed E-state index contributed by atoms with van der Waals surface area (Å²) in [6, 6.07) is 6.68. The fourth-order valence-electron chi connectivity index (χ4n) is 2.55. The maximum atomic E-state index is 12.5. The molecule has 0 radical (unpaired) electrons. The smallest absolute Gasteiger partial charge is 0.224 e. The van der Waals surface area contributed by atoms with Gasteiger partial charge in [-0.3, -0.25) is 9.78 Å². The fourth-order valence-corrected chi connectivity index (χ4v) is 3.50. The highest BCUT2D eigenvalue weighted by molar-refractivity contribution is 7.99. The van der Waals surface area contributed by atoms with Crippen molar-refractivity contribution in [3.8, 4) is 0 Å². The second-order valence-electron chi connectivity index (χ2n) is 5.50. The zero-order valence-electron chi connectivity index (χ0n) is 12.0. The van der Waals surface area contributed by atoms with E-state index in [0.717, 1.165) is 36.6 Å². The minimum absolute atomic E-state index is 0. The lowest BCUT2D eigenvalue weighted by molar-refractivity contribution is -0.132. The molecule has 1 aromatic rings. The standard InChI is InChI=1S/C15H21N3OS.ClH/c19-15(9-13-11-20-8-7-17-13)18(14-4-5-14)10-12-3-1-2-6-16-12;/h1-3,6,13-14,17H,4-5,7-11H2;1H. The van der Waals surface area contributed by atoms with Crippen LogP contribution < -0.4 is 5.32 Å². The molecule has 1 atom stereocenters. The van der Waals surface area contributed by atoms with Crippen molar-refractivity contribution in [3.63, 3.8) is 0 Å². The van der Waals surface area contributed by atoms with E-state index in [2.05, 4.69) is 10.3 Å². The molecule has 2 fully saturated rings. The van der Waals surface area contributed by atoms with Crippen molar-refractivity contribution in [2.75, 3.05) is 18.1 Å². The maximum Gasteiger partial charge on any atom is 0.224 e. The lowest BCUT2D eigenvalue weighted by Gasteiger charge is -2.27. The first-order valence-electron chi connectivity index (χ1n) is 7.33. The van der Waals surface area contributed by atoms with E-state index in [1.165, 1.54) is 0 Å². The summed E-state index contributed by atoms with van der Waals surface area (Å²) in [6.07, 6.45) is 4.71. The number of carbonyl (C=O) groups is 1. The van der Waals surface area contributed by atoms with Crippen LogP contribution in [0.15, 0.2) is 24.4 Å². The van der Waals surface area contributed by atoms with Crippen LogP contribution in [0.25, 0.3) is 0 Å². The van der Waals surface area contributed by atoms with Gasteiger partial charge in [0.1, 0.15) is 0 Å². The average Bonchev–Trinajstić information content (AvgIpc) is 3.31. The number of pyridine rings is 1. The molecule has 6 heteroatoms. The van der Waals surface area contributed by atoms with Crippen LogP contribution in [0.2, 0.25) is 0 Å². The number of nitrogens with one attached hydrogen (secondary N) is 1. The van der Waals surface area contributed by atoms with Crippen molar-refractivity contribution in [3.05, 3.63) is 30.1 Å². The Labute approximate surface area is 136 Å². The first kappa shape index (κ1) is 16.6. The minimum atomic E-state index is 0. The van der Waals surface area contributed by atoms with Gasteiger partial charge in [-0.15, -0.1) is 12.4 Å². The van der Waals surface area contributed by atoms with E-state index in [-0.39, 0.29) is 18.3 Å². The van der Waals surface area contributed by atoms with Gasteiger partial charge < -0.3 is 10.2 Å². The molecule has 1 saturated heterocycles. The van der Waals surface area contributed by atoms with E-state index in [0.29, 0.717) is 25.0 Å². The Hall–Kier alpha value is -0.780. The van der Waals surface area contributed by atoms with Crippen molar-refractivity contribution in [1.29, 1.82) is 0 Å². The highest BCUT2D eigenvalue weighted by atomic mass is 35.5. The van der Waals surface area contributed by atoms with Crippen LogP contribution in [0, 0.1) is 0 Å². The predicted molar refractivity (Wildman–Crippen MR) is 88.8 cm³/mol. The maximum absolute atomic E-state index is 12.5. The molecule has 21 heavy (non-hydrogen) atoms. The number of nitrogens with zero attached hydrogens (tertiary/aromatic N) is 2. The van der Waals surface area contributed by atoms with Gasteiger partial charge in [0.15, 0.2) is 0 Å². The first-order valence-corrected chi connectivity index (χ1v) is 8.49. The molecule has 3 rings (SSSR count). The molecule has 1 aliphatic heterocycles. The van der Waals surface area contributed by atoms with E-state index in [4.69, 9.17) is 0 Å². The van der Waals surface area contributed by atoms with Crippen molar-refractivity contribution in [2.45, 2.75) is 37.9 Å². The largest absolute Gasteiger partial charge is 0.334 e. The molecule has 0 bridgehead atoms. The summed E-state index contributed by atoms with van der Waals surface area (Å²) in [5, 5.41) is 3.44. The molecule has 4 nitrogen and oxygen atoms in total. The van der Waals surface area contributed by atoms with Gasteiger partial charge in [-0.2, -0.15) is 11.8 Å². The van der Waals surface area contributed by atoms with Crippen LogP contribution in [0.1, 0.15) is 25.0 Å². The van der Waals surface area contributed by atoms with E-state index in [9.17, 15) is 4.79 Å². The van der Waals surface area contributed by atoms with Gasteiger partial charge >= 0.3 is 0 Å². The van der Waals surface area contributed by atoms with Crippen molar-refractivity contribution >= 4 is 30.1 Å². The number of amides is 1. The van der Waals surface area contributed by atoms with Gasteiger partial charge in [-0.1, -0.05) is 6.07 Å². The number of thioether (sulfide) groups is 1. The molecule has 116 valence electrons. The third-order valence-corrected chi connectivity index (χ3v) is 4.92. The first-order chi connectivity index (χ1) is 9.83. The van der Waals surface area contributed by atoms with Crippen LogP contribution in [0.5, 0.6) is 0 Å². The van der Waals surface area contributed by atoms with E-state index < -0.39 is 0 Å². The molecule has 0 aromatic carbocycles. The van der Waals surface area contributed by atoms with Crippen LogP contribution in [0.4, 0.5) is 0 Å². The van der Waals surface area contributed by atoms with E-state index >= 15 is 0 Å². The molecule has 0 spiro atoms. The lowest BCUT2D eigenvalue weighted by atomic mass is 10.2. The summed E-state index contributed by atoms with van der Waals surface area (Å²) in [4.78, 5) is 18.9. The molecule has 1 aromatic heterocycles. The number of rotatable bonds is 5. The molecular weight excluding hydrogens is 306 g/mol. The third kappa shape index (κ3) is 4.87. The van der Waals surface area contributed by atoms with E-state index in [1.54, 1.807) is 6.20 Å². The topological polar surface area (TPSA) is 45.2 Å². The Kier molecular flexibility index (Phi) is 6.33. The van der Waals surface area contributed by atoms with Gasteiger partial charge in [0.05, 0.1) is 12.2 Å². The second kappa shape index (κ2) is 8.01. The molecule has 1 saturated carbocycles. The van der Waals surface area contributed by atoms with Crippen LogP contribution in [-0.2, 0) is 11.3 Å². The summed E-state index contributed by atoms with van der Waals surface area (Å²) in [5.74, 6) is 2.48. The summed E-state index contributed by atoms with van der Waals surface area (Å²) in [6.45, 7) is 1.68. The van der Waals surface area contributed by atoms with Gasteiger partial charge in [0.2, 0.25) is 5.91 Å². The van der Waals surface area contributed by atoms with Crippen LogP contribution in [0.3, 0.4) is 0 Å². The van der Waals surface area contributed by atoms with Crippen molar-refractivity contribution < 1.29 is 4.79 Å². The van der Waals surface area contributed by atoms with Crippen LogP contribution in [-0.4, -0.2) is 45.9 Å². The van der Waals surface area contributed by atoms with Crippen molar-refractivity contribution in [2.24, 2.45) is 0 Å². The quantitative estimate of drug-likeness (QED) is 0.899. The fraction of sp³-hybridized carbons (Fsp3) is 0.600. The summed E-state index contributed by atoms with van der Waals surface area (Å²) in [5.41, 5.74) is 0.985. The Bertz CT molecular complexity index is 449. The summed E-state index contributed by atoms with van der Waals surface area (Å²) >= 11 is 1.94. The predicted octanol–water partition coefficient (Wildman–Crippen LogP) is 2.09.